The van der Waals surface area contributed by atoms with Crippen LogP contribution >= 0.6 is 0 Å². The van der Waals surface area contributed by atoms with Gasteiger partial charge in [0.2, 0.25) is 17.8 Å². The van der Waals surface area contributed by atoms with Crippen molar-refractivity contribution in [3.63, 3.8) is 0 Å². The lowest BCUT2D eigenvalue weighted by atomic mass is 10.2. The van der Waals surface area contributed by atoms with Gasteiger partial charge in [-0.05, 0) is 13.8 Å². The fraction of sp³-hybridized carbons (Fsp3) is 0.538. The number of nitrogens with one attached hydrogen (secondary N) is 2. The zero-order valence-corrected chi connectivity index (χ0v) is 13.2. The van der Waals surface area contributed by atoms with Gasteiger partial charge in [-0.15, -0.1) is 0 Å². The standard InChI is InChI=1S/C13H22N8/c1-6-14-11-17-12(19-13(18-11)20(3)4)15-7-10-8-16-21(5)9(10)2/h8H,6-7H2,1-5H3,(H2,14,15,17,18,19). The van der Waals surface area contributed by atoms with E-state index in [1.54, 1.807) is 0 Å². The maximum absolute atomic E-state index is 4.39. The Bertz CT molecular complexity index is 604. The van der Waals surface area contributed by atoms with E-state index in [1.807, 2.05) is 50.8 Å². The third-order valence-electron chi connectivity index (χ3n) is 3.13. The topological polar surface area (TPSA) is 83.8 Å². The van der Waals surface area contributed by atoms with Gasteiger partial charge in [0.15, 0.2) is 0 Å². The number of nitrogens with zero attached hydrogens (tertiary/aromatic N) is 6. The van der Waals surface area contributed by atoms with Gasteiger partial charge in [-0.1, -0.05) is 0 Å². The molecule has 0 aliphatic carbocycles. The Morgan fingerprint density at radius 1 is 1.14 bits per heavy atom. The molecule has 0 saturated heterocycles. The molecule has 0 saturated carbocycles. The summed E-state index contributed by atoms with van der Waals surface area (Å²) in [5.74, 6) is 1.74. The van der Waals surface area contributed by atoms with Gasteiger partial charge in [-0.25, -0.2) is 0 Å². The Balaban J connectivity index is 2.16. The van der Waals surface area contributed by atoms with E-state index in [0.717, 1.165) is 17.8 Å². The second-order valence-corrected chi connectivity index (χ2v) is 4.94. The molecule has 2 aromatic rings. The highest BCUT2D eigenvalue weighted by molar-refractivity contribution is 5.43. The predicted octanol–water partition coefficient (Wildman–Crippen LogP) is 1.02. The highest BCUT2D eigenvalue weighted by atomic mass is 15.3. The van der Waals surface area contributed by atoms with Crippen LogP contribution in [0.15, 0.2) is 6.20 Å². The van der Waals surface area contributed by atoms with Gasteiger partial charge in [-0.2, -0.15) is 20.1 Å². The molecular weight excluding hydrogens is 268 g/mol. The van der Waals surface area contributed by atoms with E-state index in [2.05, 4.69) is 30.7 Å². The Morgan fingerprint density at radius 2 is 1.81 bits per heavy atom. The summed E-state index contributed by atoms with van der Waals surface area (Å²) in [6, 6.07) is 0. The van der Waals surface area contributed by atoms with Gasteiger partial charge < -0.3 is 15.5 Å². The average molecular weight is 290 g/mol. The number of aryl methyl sites for hydroxylation is 1. The summed E-state index contributed by atoms with van der Waals surface area (Å²) < 4.78 is 1.85. The van der Waals surface area contributed by atoms with Crippen LogP contribution in [0.4, 0.5) is 17.8 Å². The average Bonchev–Trinajstić information content (AvgIpc) is 2.77. The van der Waals surface area contributed by atoms with Crippen LogP contribution in [0.5, 0.6) is 0 Å². The molecular formula is C13H22N8. The van der Waals surface area contributed by atoms with Crippen LogP contribution in [0, 0.1) is 6.92 Å². The van der Waals surface area contributed by atoms with Crippen LogP contribution < -0.4 is 15.5 Å². The van der Waals surface area contributed by atoms with Gasteiger partial charge in [0.05, 0.1) is 6.20 Å². The first-order valence-corrected chi connectivity index (χ1v) is 6.90. The van der Waals surface area contributed by atoms with Crippen molar-refractivity contribution in [2.45, 2.75) is 20.4 Å². The predicted molar refractivity (Wildman–Crippen MR) is 83.6 cm³/mol. The fourth-order valence-corrected chi connectivity index (χ4v) is 1.77. The lowest BCUT2D eigenvalue weighted by molar-refractivity contribution is 0.738. The molecule has 21 heavy (non-hydrogen) atoms. The van der Waals surface area contributed by atoms with Crippen LogP contribution in [0.25, 0.3) is 0 Å². The molecule has 0 aliphatic rings. The molecule has 0 unspecified atom stereocenters. The van der Waals surface area contributed by atoms with Crippen molar-refractivity contribution >= 4 is 17.8 Å². The van der Waals surface area contributed by atoms with Crippen molar-refractivity contribution in [1.82, 2.24) is 24.7 Å². The smallest absolute Gasteiger partial charge is 0.231 e. The molecule has 8 heteroatoms. The van der Waals surface area contributed by atoms with Gasteiger partial charge >= 0.3 is 0 Å². The lowest BCUT2D eigenvalue weighted by Gasteiger charge is -2.13. The molecule has 0 aliphatic heterocycles. The van der Waals surface area contributed by atoms with Crippen molar-refractivity contribution in [2.24, 2.45) is 7.05 Å². The second kappa shape index (κ2) is 6.38. The van der Waals surface area contributed by atoms with Crippen molar-refractivity contribution in [3.8, 4) is 0 Å². The Kier molecular flexibility index (Phi) is 4.56. The van der Waals surface area contributed by atoms with Gasteiger partial charge in [0, 0.05) is 45.5 Å². The van der Waals surface area contributed by atoms with Crippen LogP contribution in [0.1, 0.15) is 18.2 Å². The van der Waals surface area contributed by atoms with Crippen molar-refractivity contribution in [3.05, 3.63) is 17.5 Å². The third-order valence-corrected chi connectivity index (χ3v) is 3.13. The highest BCUT2D eigenvalue weighted by Crippen LogP contribution is 2.13. The number of hydrogen-bond acceptors (Lipinski definition) is 7. The zero-order valence-electron chi connectivity index (χ0n) is 13.2. The van der Waals surface area contributed by atoms with E-state index < -0.39 is 0 Å². The minimum absolute atomic E-state index is 0.549. The molecule has 0 radical (unpaired) electrons. The first kappa shape index (κ1) is 15.0. The van der Waals surface area contributed by atoms with E-state index in [9.17, 15) is 0 Å². The van der Waals surface area contributed by atoms with Crippen LogP contribution in [0.2, 0.25) is 0 Å². The molecule has 0 amide bonds. The van der Waals surface area contributed by atoms with E-state index in [0.29, 0.717) is 24.4 Å². The van der Waals surface area contributed by atoms with E-state index >= 15 is 0 Å². The molecule has 2 heterocycles. The van der Waals surface area contributed by atoms with Crippen LogP contribution in [-0.4, -0.2) is 45.4 Å². The quantitative estimate of drug-likeness (QED) is 0.821. The fourth-order valence-electron chi connectivity index (χ4n) is 1.77. The third kappa shape index (κ3) is 3.59. The largest absolute Gasteiger partial charge is 0.354 e. The van der Waals surface area contributed by atoms with E-state index in [4.69, 9.17) is 0 Å². The normalized spacial score (nSPS) is 10.5. The summed E-state index contributed by atoms with van der Waals surface area (Å²) in [5.41, 5.74) is 2.24. The Morgan fingerprint density at radius 3 is 2.33 bits per heavy atom. The lowest BCUT2D eigenvalue weighted by Crippen LogP contribution is -2.17. The first-order valence-electron chi connectivity index (χ1n) is 6.90. The van der Waals surface area contributed by atoms with Gasteiger partial charge in [0.25, 0.3) is 0 Å². The maximum atomic E-state index is 4.39. The van der Waals surface area contributed by atoms with Gasteiger partial charge in [0.1, 0.15) is 0 Å². The summed E-state index contributed by atoms with van der Waals surface area (Å²) in [6.45, 7) is 5.43. The SMILES string of the molecule is CCNc1nc(NCc2cnn(C)c2C)nc(N(C)C)n1. The number of aromatic nitrogens is 5. The molecule has 0 spiro atoms. The minimum Gasteiger partial charge on any atom is -0.354 e. The molecule has 114 valence electrons. The molecule has 8 nitrogen and oxygen atoms in total. The summed E-state index contributed by atoms with van der Waals surface area (Å²) in [7, 11) is 5.73. The van der Waals surface area contributed by atoms with Crippen molar-refractivity contribution < 1.29 is 0 Å². The van der Waals surface area contributed by atoms with E-state index in [-0.39, 0.29) is 0 Å². The Hall–Kier alpha value is -2.38. The molecule has 0 aromatic carbocycles. The molecule has 0 bridgehead atoms. The zero-order chi connectivity index (χ0) is 15.4. The molecule has 0 atom stereocenters. The summed E-state index contributed by atoms with van der Waals surface area (Å²) >= 11 is 0. The first-order chi connectivity index (χ1) is 10.0. The van der Waals surface area contributed by atoms with Crippen molar-refractivity contribution in [2.75, 3.05) is 36.2 Å². The second-order valence-electron chi connectivity index (χ2n) is 4.94. The van der Waals surface area contributed by atoms with Crippen LogP contribution in [-0.2, 0) is 13.6 Å². The van der Waals surface area contributed by atoms with E-state index in [1.165, 1.54) is 0 Å². The van der Waals surface area contributed by atoms with Gasteiger partial charge in [-0.3, -0.25) is 4.68 Å². The monoisotopic (exact) mass is 290 g/mol. The maximum Gasteiger partial charge on any atom is 0.231 e. The molecule has 2 rings (SSSR count). The minimum atomic E-state index is 0.549. The molecule has 2 N–H and O–H groups in total. The summed E-state index contributed by atoms with van der Waals surface area (Å²) in [4.78, 5) is 14.9. The highest BCUT2D eigenvalue weighted by Gasteiger charge is 2.09. The Labute approximate surface area is 124 Å². The summed E-state index contributed by atoms with van der Waals surface area (Å²) in [6.07, 6.45) is 1.85. The summed E-state index contributed by atoms with van der Waals surface area (Å²) in [5, 5.41) is 10.6. The number of anilines is 3. The molecule has 2 aromatic heterocycles. The molecule has 0 fully saturated rings. The van der Waals surface area contributed by atoms with Crippen LogP contribution in [0.3, 0.4) is 0 Å². The number of rotatable bonds is 6. The van der Waals surface area contributed by atoms with Crippen molar-refractivity contribution in [1.29, 1.82) is 0 Å². The number of hydrogen-bond donors (Lipinski definition) is 2.